The average Bonchev–Trinajstić information content (AvgIpc) is 2.93. The Kier molecular flexibility index (Phi) is 2.28. The van der Waals surface area contributed by atoms with Gasteiger partial charge in [-0.2, -0.15) is 0 Å². The molecule has 16 heavy (non-hydrogen) atoms. The smallest absolute Gasteiger partial charge is 0.328 e. The molecule has 84 valence electrons. The molecule has 0 aliphatic heterocycles. The fraction of sp³-hybridized carbons (Fsp3) is 0.364. The molecule has 4 nitrogen and oxygen atoms in total. The molecule has 2 aromatic rings. The Labute approximate surface area is 101 Å². The molecular weight excluding hydrogens is 272 g/mol. The van der Waals surface area contributed by atoms with Crippen LogP contribution in [0.15, 0.2) is 38.4 Å². The van der Waals surface area contributed by atoms with E-state index in [0.717, 1.165) is 18.6 Å². The highest BCUT2D eigenvalue weighted by molar-refractivity contribution is 9.10. The lowest BCUT2D eigenvalue weighted by Crippen LogP contribution is -2.23. The summed E-state index contributed by atoms with van der Waals surface area (Å²) >= 11 is 3.24. The molecule has 1 fully saturated rings. The second kappa shape index (κ2) is 3.66. The lowest BCUT2D eigenvalue weighted by Gasteiger charge is -1.98. The molecular formula is C11H11BrN2O2. The second-order valence-electron chi connectivity index (χ2n) is 4.05. The quantitative estimate of drug-likeness (QED) is 0.867. The minimum atomic E-state index is 0.0509. The molecule has 1 aliphatic rings. The average molecular weight is 283 g/mol. The molecule has 0 spiro atoms. The largest absolute Gasteiger partial charge is 0.452 e. The fourth-order valence-corrected chi connectivity index (χ4v) is 2.12. The van der Waals surface area contributed by atoms with Gasteiger partial charge in [-0.25, -0.2) is 4.79 Å². The number of furan rings is 1. The maximum atomic E-state index is 11.9. The Bertz CT molecular complexity index is 563. The van der Waals surface area contributed by atoms with E-state index in [4.69, 9.17) is 4.42 Å². The summed E-state index contributed by atoms with van der Waals surface area (Å²) in [6, 6.07) is 4.13. The molecule has 0 bridgehead atoms. The van der Waals surface area contributed by atoms with Crippen LogP contribution in [0.5, 0.6) is 0 Å². The fourth-order valence-electron chi connectivity index (χ4n) is 1.78. The van der Waals surface area contributed by atoms with Gasteiger partial charge in [0, 0.05) is 18.4 Å². The van der Waals surface area contributed by atoms with E-state index < -0.39 is 0 Å². The Morgan fingerprint density at radius 3 is 2.81 bits per heavy atom. The van der Waals surface area contributed by atoms with Crippen molar-refractivity contribution in [1.29, 1.82) is 0 Å². The second-order valence-corrected chi connectivity index (χ2v) is 4.83. The van der Waals surface area contributed by atoms with E-state index in [1.54, 1.807) is 9.13 Å². The molecule has 0 radical (unpaired) electrons. The summed E-state index contributed by atoms with van der Waals surface area (Å²) in [6.45, 7) is 0.490. The first-order valence-electron chi connectivity index (χ1n) is 5.25. The van der Waals surface area contributed by atoms with Crippen LogP contribution >= 0.6 is 15.9 Å². The third-order valence-electron chi connectivity index (χ3n) is 2.77. The van der Waals surface area contributed by atoms with Gasteiger partial charge in [0.15, 0.2) is 4.67 Å². The molecule has 2 aromatic heterocycles. The van der Waals surface area contributed by atoms with Crippen molar-refractivity contribution in [2.45, 2.75) is 25.4 Å². The van der Waals surface area contributed by atoms with E-state index in [0.29, 0.717) is 17.3 Å². The van der Waals surface area contributed by atoms with Crippen LogP contribution < -0.4 is 5.69 Å². The molecule has 3 rings (SSSR count). The number of hydrogen-bond donors (Lipinski definition) is 0. The standard InChI is InChI=1S/C11H11BrN2O2/c12-10-4-3-9(16-10)7-13-5-6-14(11(13)15)8-1-2-8/h3-6,8H,1-2,7H2. The summed E-state index contributed by atoms with van der Waals surface area (Å²) in [6.07, 6.45) is 5.92. The lowest BCUT2D eigenvalue weighted by atomic mass is 10.4. The zero-order chi connectivity index (χ0) is 11.1. The molecule has 2 heterocycles. The van der Waals surface area contributed by atoms with Crippen LogP contribution in [0.2, 0.25) is 0 Å². The van der Waals surface area contributed by atoms with Gasteiger partial charge in [0.25, 0.3) is 0 Å². The third kappa shape index (κ3) is 1.75. The van der Waals surface area contributed by atoms with Gasteiger partial charge in [-0.15, -0.1) is 0 Å². The topological polar surface area (TPSA) is 40.1 Å². The van der Waals surface area contributed by atoms with Crippen LogP contribution in [-0.4, -0.2) is 9.13 Å². The van der Waals surface area contributed by atoms with Crippen LogP contribution in [0.3, 0.4) is 0 Å². The van der Waals surface area contributed by atoms with Gasteiger partial charge in [-0.05, 0) is 40.9 Å². The van der Waals surface area contributed by atoms with Crippen LogP contribution in [0.25, 0.3) is 0 Å². The predicted molar refractivity (Wildman–Crippen MR) is 62.5 cm³/mol. The molecule has 1 saturated carbocycles. The normalized spacial score (nSPS) is 15.6. The van der Waals surface area contributed by atoms with Crippen molar-refractivity contribution in [3.63, 3.8) is 0 Å². The Balaban J connectivity index is 1.87. The van der Waals surface area contributed by atoms with Gasteiger partial charge < -0.3 is 4.42 Å². The van der Waals surface area contributed by atoms with Crippen molar-refractivity contribution >= 4 is 15.9 Å². The highest BCUT2D eigenvalue weighted by atomic mass is 79.9. The molecule has 0 saturated heterocycles. The Hall–Kier alpha value is -1.23. The molecule has 5 heteroatoms. The number of nitrogens with zero attached hydrogens (tertiary/aromatic N) is 2. The highest BCUT2D eigenvalue weighted by Crippen LogP contribution is 2.33. The summed E-state index contributed by atoms with van der Waals surface area (Å²) in [5.74, 6) is 0.780. The summed E-state index contributed by atoms with van der Waals surface area (Å²) in [4.78, 5) is 11.9. The van der Waals surface area contributed by atoms with Gasteiger partial charge in [0.2, 0.25) is 0 Å². The summed E-state index contributed by atoms with van der Waals surface area (Å²) in [5.41, 5.74) is 0.0509. The molecule has 0 N–H and O–H groups in total. The first kappa shape index (κ1) is 9.96. The van der Waals surface area contributed by atoms with E-state index in [1.807, 2.05) is 24.5 Å². The van der Waals surface area contributed by atoms with Crippen molar-refractivity contribution in [3.05, 3.63) is 45.4 Å². The van der Waals surface area contributed by atoms with Crippen molar-refractivity contribution in [3.8, 4) is 0 Å². The highest BCUT2D eigenvalue weighted by Gasteiger charge is 2.25. The van der Waals surface area contributed by atoms with Crippen molar-refractivity contribution in [2.75, 3.05) is 0 Å². The number of imidazole rings is 1. The van der Waals surface area contributed by atoms with Crippen molar-refractivity contribution in [2.24, 2.45) is 0 Å². The zero-order valence-corrected chi connectivity index (χ0v) is 10.2. The van der Waals surface area contributed by atoms with Crippen LogP contribution in [0, 0.1) is 0 Å². The van der Waals surface area contributed by atoms with E-state index in [9.17, 15) is 4.79 Å². The molecule has 1 aliphatic carbocycles. The van der Waals surface area contributed by atoms with Crippen molar-refractivity contribution in [1.82, 2.24) is 9.13 Å². The lowest BCUT2D eigenvalue weighted by molar-refractivity contribution is 0.468. The SMILES string of the molecule is O=c1n(Cc2ccc(Br)o2)ccn1C1CC1. The summed E-state index contributed by atoms with van der Waals surface area (Å²) < 4.78 is 9.54. The monoisotopic (exact) mass is 282 g/mol. The van der Waals surface area contributed by atoms with Gasteiger partial charge >= 0.3 is 5.69 Å². The first-order valence-corrected chi connectivity index (χ1v) is 6.05. The minimum absolute atomic E-state index is 0.0509. The van der Waals surface area contributed by atoms with Crippen molar-refractivity contribution < 1.29 is 4.42 Å². The van der Waals surface area contributed by atoms with E-state index in [-0.39, 0.29) is 5.69 Å². The predicted octanol–water partition coefficient (Wildman–Crippen LogP) is 2.39. The maximum absolute atomic E-state index is 11.9. The number of halogens is 1. The molecule has 0 aromatic carbocycles. The first-order chi connectivity index (χ1) is 7.74. The number of aromatic nitrogens is 2. The Morgan fingerprint density at radius 2 is 2.19 bits per heavy atom. The number of rotatable bonds is 3. The van der Waals surface area contributed by atoms with Gasteiger partial charge in [-0.1, -0.05) is 0 Å². The van der Waals surface area contributed by atoms with Crippen LogP contribution in [0.1, 0.15) is 24.6 Å². The van der Waals surface area contributed by atoms with Gasteiger partial charge in [0.1, 0.15) is 5.76 Å². The Morgan fingerprint density at radius 1 is 1.38 bits per heavy atom. The molecule has 0 unspecified atom stereocenters. The molecule has 0 atom stereocenters. The van der Waals surface area contributed by atoms with Crippen LogP contribution in [-0.2, 0) is 6.54 Å². The van der Waals surface area contributed by atoms with Crippen LogP contribution in [0.4, 0.5) is 0 Å². The summed E-state index contributed by atoms with van der Waals surface area (Å²) in [7, 11) is 0. The third-order valence-corrected chi connectivity index (χ3v) is 3.20. The maximum Gasteiger partial charge on any atom is 0.328 e. The van der Waals surface area contributed by atoms with E-state index in [2.05, 4.69) is 15.9 Å². The zero-order valence-electron chi connectivity index (χ0n) is 8.60. The number of hydrogen-bond acceptors (Lipinski definition) is 2. The minimum Gasteiger partial charge on any atom is -0.452 e. The molecule has 0 amide bonds. The van der Waals surface area contributed by atoms with E-state index >= 15 is 0 Å². The summed E-state index contributed by atoms with van der Waals surface area (Å²) in [5, 5.41) is 0. The van der Waals surface area contributed by atoms with Gasteiger partial charge in [0.05, 0.1) is 6.54 Å². The van der Waals surface area contributed by atoms with E-state index in [1.165, 1.54) is 0 Å². The van der Waals surface area contributed by atoms with Gasteiger partial charge in [-0.3, -0.25) is 9.13 Å².